The standard InChI is InChI=1S/C31H27FN6O/c1-18-10-20(12-22(32)11-18)30-26-15-29(36-27(26)6-9-35-30)31-25-14-19(2-3-28(25)37-38-31)21-13-24(17-34-16-21)39-23-4-7-33-8-5-23/h2-3,6,9-17,23,33,36H,4-5,7-8H2,1H3,(H,37,38). The fraction of sp³-hybridized carbons (Fsp3) is 0.194. The lowest BCUT2D eigenvalue weighted by atomic mass is 10.0. The van der Waals surface area contributed by atoms with Gasteiger partial charge in [-0.15, -0.1) is 0 Å². The van der Waals surface area contributed by atoms with Gasteiger partial charge in [0.2, 0.25) is 0 Å². The van der Waals surface area contributed by atoms with Crippen molar-refractivity contribution in [1.29, 1.82) is 0 Å². The molecular weight excluding hydrogens is 491 g/mol. The molecule has 2 aromatic carbocycles. The van der Waals surface area contributed by atoms with Crippen LogP contribution >= 0.6 is 0 Å². The number of benzene rings is 2. The van der Waals surface area contributed by atoms with Gasteiger partial charge in [-0.2, -0.15) is 5.10 Å². The molecule has 0 saturated carbocycles. The molecule has 6 aromatic rings. The second-order valence-corrected chi connectivity index (χ2v) is 10.1. The molecule has 5 heterocycles. The van der Waals surface area contributed by atoms with E-state index in [1.165, 1.54) is 12.1 Å². The second-order valence-electron chi connectivity index (χ2n) is 10.1. The number of nitrogens with zero attached hydrogens (tertiary/aromatic N) is 3. The van der Waals surface area contributed by atoms with E-state index in [0.29, 0.717) is 0 Å². The van der Waals surface area contributed by atoms with Gasteiger partial charge in [0.15, 0.2) is 0 Å². The monoisotopic (exact) mass is 518 g/mol. The first-order valence-electron chi connectivity index (χ1n) is 13.2. The molecule has 1 aliphatic heterocycles. The van der Waals surface area contributed by atoms with Gasteiger partial charge in [0, 0.05) is 39.8 Å². The Morgan fingerprint density at radius 2 is 1.72 bits per heavy atom. The molecule has 0 amide bonds. The minimum Gasteiger partial charge on any atom is -0.489 e. The van der Waals surface area contributed by atoms with Gasteiger partial charge in [0.05, 0.1) is 23.1 Å². The lowest BCUT2D eigenvalue weighted by Gasteiger charge is -2.23. The summed E-state index contributed by atoms with van der Waals surface area (Å²) in [5, 5.41) is 13.1. The Bertz CT molecular complexity index is 1800. The van der Waals surface area contributed by atoms with E-state index in [9.17, 15) is 4.39 Å². The predicted molar refractivity (Wildman–Crippen MR) is 151 cm³/mol. The molecule has 0 spiro atoms. The van der Waals surface area contributed by atoms with Crippen LogP contribution in [0.25, 0.3) is 55.6 Å². The molecule has 1 aliphatic rings. The summed E-state index contributed by atoms with van der Waals surface area (Å²) in [4.78, 5) is 12.5. The topological polar surface area (TPSA) is 91.5 Å². The third-order valence-corrected chi connectivity index (χ3v) is 7.32. The zero-order valence-electron chi connectivity index (χ0n) is 21.5. The Kier molecular flexibility index (Phi) is 5.82. The molecule has 0 unspecified atom stereocenters. The zero-order valence-corrected chi connectivity index (χ0v) is 21.5. The Morgan fingerprint density at radius 1 is 0.846 bits per heavy atom. The number of halogens is 1. The highest BCUT2D eigenvalue weighted by atomic mass is 19.1. The number of ether oxygens (including phenoxy) is 1. The molecule has 194 valence electrons. The van der Waals surface area contributed by atoms with E-state index in [0.717, 1.165) is 92.8 Å². The summed E-state index contributed by atoms with van der Waals surface area (Å²) < 4.78 is 20.4. The van der Waals surface area contributed by atoms with Gasteiger partial charge in [0.25, 0.3) is 0 Å². The van der Waals surface area contributed by atoms with Gasteiger partial charge >= 0.3 is 0 Å². The van der Waals surface area contributed by atoms with E-state index in [-0.39, 0.29) is 11.9 Å². The van der Waals surface area contributed by atoms with E-state index in [1.54, 1.807) is 12.4 Å². The minimum absolute atomic E-state index is 0.212. The van der Waals surface area contributed by atoms with Crippen molar-refractivity contribution in [2.24, 2.45) is 0 Å². The molecule has 39 heavy (non-hydrogen) atoms. The van der Waals surface area contributed by atoms with Gasteiger partial charge in [-0.05, 0) is 92.5 Å². The lowest BCUT2D eigenvalue weighted by Crippen LogP contribution is -2.34. The Morgan fingerprint density at radius 3 is 2.59 bits per heavy atom. The van der Waals surface area contributed by atoms with E-state index in [2.05, 4.69) is 48.7 Å². The number of H-pyrrole nitrogens is 2. The molecular formula is C31H27FN6O. The molecule has 1 saturated heterocycles. The first kappa shape index (κ1) is 23.5. The highest BCUT2D eigenvalue weighted by Crippen LogP contribution is 2.35. The Labute approximate surface area is 224 Å². The zero-order chi connectivity index (χ0) is 26.3. The summed E-state index contributed by atoms with van der Waals surface area (Å²) in [7, 11) is 0. The molecule has 7 nitrogen and oxygen atoms in total. The molecule has 0 aliphatic carbocycles. The molecule has 4 aromatic heterocycles. The predicted octanol–water partition coefficient (Wildman–Crippen LogP) is 6.41. The Hall–Kier alpha value is -4.56. The number of nitrogens with one attached hydrogen (secondary N) is 3. The normalized spacial score (nSPS) is 14.3. The summed E-state index contributed by atoms with van der Waals surface area (Å²) in [5.74, 6) is 0.514. The van der Waals surface area contributed by atoms with Crippen LogP contribution in [0.1, 0.15) is 18.4 Å². The van der Waals surface area contributed by atoms with Crippen molar-refractivity contribution in [2.75, 3.05) is 13.1 Å². The largest absolute Gasteiger partial charge is 0.489 e. The van der Waals surface area contributed by atoms with Crippen molar-refractivity contribution in [3.05, 3.63) is 84.6 Å². The van der Waals surface area contributed by atoms with Crippen molar-refractivity contribution >= 4 is 21.8 Å². The van der Waals surface area contributed by atoms with Crippen molar-refractivity contribution in [1.82, 2.24) is 30.5 Å². The number of piperidine rings is 1. The fourth-order valence-corrected chi connectivity index (χ4v) is 5.43. The molecule has 3 N–H and O–H groups in total. The maximum absolute atomic E-state index is 14.2. The highest BCUT2D eigenvalue weighted by molar-refractivity contribution is 6.00. The number of aromatic nitrogens is 5. The highest BCUT2D eigenvalue weighted by Gasteiger charge is 2.17. The number of aryl methyl sites for hydroxylation is 1. The summed E-state index contributed by atoms with van der Waals surface area (Å²) in [6, 6.07) is 17.2. The smallest absolute Gasteiger partial charge is 0.138 e. The summed E-state index contributed by atoms with van der Waals surface area (Å²) in [6.45, 7) is 3.84. The van der Waals surface area contributed by atoms with Crippen LogP contribution in [0.5, 0.6) is 5.75 Å². The van der Waals surface area contributed by atoms with Crippen molar-refractivity contribution in [3.63, 3.8) is 0 Å². The summed E-state index contributed by atoms with van der Waals surface area (Å²) in [5.41, 5.74) is 7.85. The molecule has 0 bridgehead atoms. The van der Waals surface area contributed by atoms with Gasteiger partial charge in [-0.1, -0.05) is 6.07 Å². The van der Waals surface area contributed by atoms with Crippen LogP contribution in [0.2, 0.25) is 0 Å². The van der Waals surface area contributed by atoms with Crippen LogP contribution < -0.4 is 10.1 Å². The van der Waals surface area contributed by atoms with E-state index in [4.69, 9.17) is 4.74 Å². The van der Waals surface area contributed by atoms with E-state index >= 15 is 0 Å². The summed E-state index contributed by atoms with van der Waals surface area (Å²) >= 11 is 0. The van der Waals surface area contributed by atoms with Crippen LogP contribution in [0.4, 0.5) is 4.39 Å². The number of pyridine rings is 2. The SMILES string of the molecule is Cc1cc(F)cc(-c2nccc3[nH]c(-c4n[nH]c5ccc(-c6cncc(OC7CCNCC7)c6)cc45)cc23)c1. The number of rotatable bonds is 5. The lowest BCUT2D eigenvalue weighted by molar-refractivity contribution is 0.162. The minimum atomic E-state index is -0.273. The van der Waals surface area contributed by atoms with Crippen LogP contribution in [-0.2, 0) is 0 Å². The fourth-order valence-electron chi connectivity index (χ4n) is 5.43. The molecule has 7 rings (SSSR count). The van der Waals surface area contributed by atoms with E-state index < -0.39 is 0 Å². The molecule has 0 atom stereocenters. The van der Waals surface area contributed by atoms with Gasteiger partial charge < -0.3 is 15.0 Å². The summed E-state index contributed by atoms with van der Waals surface area (Å²) in [6.07, 6.45) is 7.58. The van der Waals surface area contributed by atoms with Gasteiger partial charge in [-0.25, -0.2) is 4.39 Å². The van der Waals surface area contributed by atoms with Crippen molar-refractivity contribution < 1.29 is 9.13 Å². The first-order valence-corrected chi connectivity index (χ1v) is 13.2. The number of aromatic amines is 2. The second kappa shape index (κ2) is 9.63. The quantitative estimate of drug-likeness (QED) is 0.245. The van der Waals surface area contributed by atoms with Crippen molar-refractivity contribution in [2.45, 2.75) is 25.9 Å². The number of hydrogen-bond donors (Lipinski definition) is 3. The molecule has 1 fully saturated rings. The van der Waals surface area contributed by atoms with Gasteiger partial charge in [0.1, 0.15) is 23.4 Å². The Balaban J connectivity index is 1.26. The molecule has 0 radical (unpaired) electrons. The number of hydrogen-bond acceptors (Lipinski definition) is 5. The van der Waals surface area contributed by atoms with Crippen molar-refractivity contribution in [3.8, 4) is 39.5 Å². The average molecular weight is 519 g/mol. The maximum atomic E-state index is 14.2. The molecule has 8 heteroatoms. The van der Waals surface area contributed by atoms with Crippen LogP contribution in [0, 0.1) is 12.7 Å². The third-order valence-electron chi connectivity index (χ3n) is 7.32. The third kappa shape index (κ3) is 4.53. The van der Waals surface area contributed by atoms with Crippen LogP contribution in [0.15, 0.2) is 73.2 Å². The maximum Gasteiger partial charge on any atom is 0.138 e. The average Bonchev–Trinajstić information content (AvgIpc) is 3.57. The number of fused-ring (bicyclic) bond motifs is 2. The van der Waals surface area contributed by atoms with Crippen LogP contribution in [-0.4, -0.2) is 44.3 Å². The van der Waals surface area contributed by atoms with Gasteiger partial charge in [-0.3, -0.25) is 15.1 Å². The van der Waals surface area contributed by atoms with Crippen LogP contribution in [0.3, 0.4) is 0 Å². The van der Waals surface area contributed by atoms with E-state index in [1.807, 2.05) is 37.4 Å². The first-order chi connectivity index (χ1) is 19.1.